The average Bonchev–Trinajstić information content (AvgIpc) is 2.43. The van der Waals surface area contributed by atoms with E-state index in [0.29, 0.717) is 11.3 Å². The summed E-state index contributed by atoms with van der Waals surface area (Å²) in [7, 11) is 0. The average molecular weight is 211 g/mol. The monoisotopic (exact) mass is 210 g/mol. The third-order valence-electron chi connectivity index (χ3n) is 1.90. The molecule has 14 heavy (non-hydrogen) atoms. The van der Waals surface area contributed by atoms with Gasteiger partial charge in [-0.25, -0.2) is 4.98 Å². The van der Waals surface area contributed by atoms with Crippen molar-refractivity contribution in [1.82, 2.24) is 9.38 Å². The van der Waals surface area contributed by atoms with E-state index in [1.54, 1.807) is 22.7 Å². The van der Waals surface area contributed by atoms with Crippen LogP contribution in [0.1, 0.15) is 5.69 Å². The maximum Gasteiger partial charge on any atom is 0.309 e. The van der Waals surface area contributed by atoms with Crippen molar-refractivity contribution in [2.24, 2.45) is 0 Å². The molecule has 0 bridgehead atoms. The summed E-state index contributed by atoms with van der Waals surface area (Å²) in [5, 5.41) is 8.92. The summed E-state index contributed by atoms with van der Waals surface area (Å²) in [6.07, 6.45) is 1.62. The van der Waals surface area contributed by atoms with E-state index in [0.717, 1.165) is 0 Å². The van der Waals surface area contributed by atoms with Gasteiger partial charge in [-0.3, -0.25) is 4.79 Å². The van der Waals surface area contributed by atoms with Crippen LogP contribution < -0.4 is 0 Å². The van der Waals surface area contributed by atoms with Gasteiger partial charge in [0.25, 0.3) is 0 Å². The number of carboxylic acid groups (broad SMARTS) is 1. The number of fused-ring (bicyclic) bond motifs is 1. The Morgan fingerprint density at radius 3 is 3.07 bits per heavy atom. The lowest BCUT2D eigenvalue weighted by atomic mass is 10.3. The van der Waals surface area contributed by atoms with E-state index in [-0.39, 0.29) is 11.6 Å². The number of hydrogen-bond donors (Lipinski definition) is 1. The molecular weight excluding hydrogens is 204 g/mol. The van der Waals surface area contributed by atoms with Crippen molar-refractivity contribution < 1.29 is 9.90 Å². The summed E-state index contributed by atoms with van der Waals surface area (Å²) in [6, 6.07) is 5.40. The van der Waals surface area contributed by atoms with Gasteiger partial charge >= 0.3 is 5.97 Å². The van der Waals surface area contributed by atoms with Gasteiger partial charge in [-0.1, -0.05) is 17.7 Å². The normalized spacial score (nSPS) is 10.6. The van der Waals surface area contributed by atoms with E-state index < -0.39 is 5.97 Å². The zero-order chi connectivity index (χ0) is 10.1. The fourth-order valence-electron chi connectivity index (χ4n) is 1.32. The van der Waals surface area contributed by atoms with Crippen molar-refractivity contribution >= 4 is 23.2 Å². The summed E-state index contributed by atoms with van der Waals surface area (Å²) < 4.78 is 1.68. The predicted molar refractivity (Wildman–Crippen MR) is 51.5 cm³/mol. The van der Waals surface area contributed by atoms with Gasteiger partial charge in [0.2, 0.25) is 0 Å². The number of halogens is 1. The van der Waals surface area contributed by atoms with E-state index in [9.17, 15) is 4.79 Å². The molecule has 0 atom stereocenters. The van der Waals surface area contributed by atoms with Crippen molar-refractivity contribution in [2.75, 3.05) is 0 Å². The highest BCUT2D eigenvalue weighted by Gasteiger charge is 2.12. The minimum atomic E-state index is -0.919. The van der Waals surface area contributed by atoms with E-state index in [2.05, 4.69) is 4.98 Å². The maximum absolute atomic E-state index is 10.6. The number of hydrogen-bond acceptors (Lipinski definition) is 2. The lowest BCUT2D eigenvalue weighted by Gasteiger charge is -1.97. The van der Waals surface area contributed by atoms with Crippen LogP contribution in [0, 0.1) is 0 Å². The minimum absolute atomic E-state index is 0.121. The molecule has 5 heteroatoms. The van der Waals surface area contributed by atoms with Crippen molar-refractivity contribution in [3.8, 4) is 0 Å². The lowest BCUT2D eigenvalue weighted by molar-refractivity contribution is -0.136. The highest BCUT2D eigenvalue weighted by molar-refractivity contribution is 6.30. The Kier molecular flexibility index (Phi) is 2.13. The standard InChI is InChI=1S/C9H7ClN2O2/c10-9-6(5-8(13)14)12-4-2-1-3-7(12)11-9/h1-4H,5H2,(H,13,14). The predicted octanol–water partition coefficient (Wildman–Crippen LogP) is 1.61. The van der Waals surface area contributed by atoms with Gasteiger partial charge < -0.3 is 9.51 Å². The van der Waals surface area contributed by atoms with E-state index in [4.69, 9.17) is 16.7 Å². The van der Waals surface area contributed by atoms with Crippen LogP contribution in [0.25, 0.3) is 5.65 Å². The van der Waals surface area contributed by atoms with Gasteiger partial charge in [-0.05, 0) is 12.1 Å². The number of aliphatic carboxylic acids is 1. The Hall–Kier alpha value is -1.55. The second kappa shape index (κ2) is 3.31. The molecule has 0 amide bonds. The van der Waals surface area contributed by atoms with Crippen LogP contribution in [-0.2, 0) is 11.2 Å². The summed E-state index contributed by atoms with van der Waals surface area (Å²) in [6.45, 7) is 0. The molecule has 4 nitrogen and oxygen atoms in total. The van der Waals surface area contributed by atoms with Gasteiger partial charge in [-0.2, -0.15) is 0 Å². The Morgan fingerprint density at radius 1 is 1.57 bits per heavy atom. The molecule has 0 aromatic carbocycles. The Labute approximate surface area is 84.8 Å². The molecule has 1 N–H and O–H groups in total. The van der Waals surface area contributed by atoms with Crippen LogP contribution in [0.3, 0.4) is 0 Å². The SMILES string of the molecule is O=C(O)Cc1c(Cl)nc2ccccn12. The number of imidazole rings is 1. The first-order chi connectivity index (χ1) is 6.68. The van der Waals surface area contributed by atoms with Crippen LogP contribution in [0.2, 0.25) is 5.15 Å². The molecule has 0 saturated heterocycles. The molecular formula is C9H7ClN2O2. The van der Waals surface area contributed by atoms with Crippen LogP contribution in [0.5, 0.6) is 0 Å². The van der Waals surface area contributed by atoms with Gasteiger partial charge in [0.15, 0.2) is 5.15 Å². The second-order valence-electron chi connectivity index (χ2n) is 2.85. The topological polar surface area (TPSA) is 54.6 Å². The van der Waals surface area contributed by atoms with Crippen molar-refractivity contribution in [2.45, 2.75) is 6.42 Å². The van der Waals surface area contributed by atoms with Crippen molar-refractivity contribution in [1.29, 1.82) is 0 Å². The number of rotatable bonds is 2. The lowest BCUT2D eigenvalue weighted by Crippen LogP contribution is -2.03. The van der Waals surface area contributed by atoms with Gasteiger partial charge in [0, 0.05) is 6.20 Å². The Bertz CT molecular complexity index is 493. The third-order valence-corrected chi connectivity index (χ3v) is 2.20. The number of pyridine rings is 1. The molecule has 72 valence electrons. The quantitative estimate of drug-likeness (QED) is 0.820. The van der Waals surface area contributed by atoms with E-state index in [1.165, 1.54) is 0 Å². The molecule has 2 aromatic rings. The van der Waals surface area contributed by atoms with E-state index in [1.807, 2.05) is 6.07 Å². The Morgan fingerprint density at radius 2 is 2.36 bits per heavy atom. The molecule has 0 fully saturated rings. The molecule has 0 saturated carbocycles. The zero-order valence-electron chi connectivity index (χ0n) is 7.14. The zero-order valence-corrected chi connectivity index (χ0v) is 7.90. The first-order valence-corrected chi connectivity index (χ1v) is 4.39. The molecule has 2 aromatic heterocycles. The van der Waals surface area contributed by atoms with Crippen LogP contribution in [0.15, 0.2) is 24.4 Å². The van der Waals surface area contributed by atoms with Gasteiger partial charge in [0.1, 0.15) is 5.65 Å². The smallest absolute Gasteiger partial charge is 0.309 e. The van der Waals surface area contributed by atoms with Crippen LogP contribution in [-0.4, -0.2) is 20.5 Å². The summed E-state index contributed by atoms with van der Waals surface area (Å²) in [5.41, 5.74) is 1.17. The van der Waals surface area contributed by atoms with Crippen molar-refractivity contribution in [3.63, 3.8) is 0 Å². The number of aromatic nitrogens is 2. The number of carboxylic acids is 1. The second-order valence-corrected chi connectivity index (χ2v) is 3.21. The number of nitrogens with zero attached hydrogens (tertiary/aromatic N) is 2. The summed E-state index contributed by atoms with van der Waals surface area (Å²) >= 11 is 5.82. The van der Waals surface area contributed by atoms with Gasteiger partial charge in [0.05, 0.1) is 12.1 Å². The third kappa shape index (κ3) is 1.44. The number of carbonyl (C=O) groups is 1. The van der Waals surface area contributed by atoms with Crippen molar-refractivity contribution in [3.05, 3.63) is 35.2 Å². The fourth-order valence-corrected chi connectivity index (χ4v) is 1.56. The highest BCUT2D eigenvalue weighted by Crippen LogP contribution is 2.17. The van der Waals surface area contributed by atoms with E-state index >= 15 is 0 Å². The first kappa shape index (κ1) is 9.02. The summed E-state index contributed by atoms with van der Waals surface area (Å²) in [5.74, 6) is -0.919. The molecule has 0 aliphatic rings. The largest absolute Gasteiger partial charge is 0.481 e. The molecule has 0 aliphatic carbocycles. The molecule has 2 rings (SSSR count). The molecule has 0 radical (unpaired) electrons. The molecule has 0 unspecified atom stereocenters. The minimum Gasteiger partial charge on any atom is -0.481 e. The van der Waals surface area contributed by atoms with Gasteiger partial charge in [-0.15, -0.1) is 0 Å². The Balaban J connectivity index is 2.62. The highest BCUT2D eigenvalue weighted by atomic mass is 35.5. The van der Waals surface area contributed by atoms with Crippen LogP contribution in [0.4, 0.5) is 0 Å². The van der Waals surface area contributed by atoms with Crippen LogP contribution >= 0.6 is 11.6 Å². The fraction of sp³-hybridized carbons (Fsp3) is 0.111. The summed E-state index contributed by atoms with van der Waals surface area (Å²) in [4.78, 5) is 14.6. The molecule has 0 aliphatic heterocycles. The first-order valence-electron chi connectivity index (χ1n) is 4.02. The molecule has 2 heterocycles. The maximum atomic E-state index is 10.6. The molecule has 0 spiro atoms.